The van der Waals surface area contributed by atoms with Gasteiger partial charge in [-0.05, 0) is 51.3 Å². The molecule has 4 heterocycles. The van der Waals surface area contributed by atoms with Crippen LogP contribution >= 0.6 is 0 Å². The number of halogens is 1. The molecule has 1 fully saturated rings. The first-order valence-electron chi connectivity index (χ1n) is 11.9. The number of nitrogens with one attached hydrogen (secondary N) is 3. The first kappa shape index (κ1) is 24.5. The highest BCUT2D eigenvalue weighted by Gasteiger charge is 2.52. The lowest BCUT2D eigenvalue weighted by Gasteiger charge is -2.45. The lowest BCUT2D eigenvalue weighted by atomic mass is 9.68. The fourth-order valence-corrected chi connectivity index (χ4v) is 4.47. The van der Waals surface area contributed by atoms with E-state index in [1.54, 1.807) is 19.4 Å². The van der Waals surface area contributed by atoms with Crippen LogP contribution in [0.25, 0.3) is 5.82 Å². The Hall–Kier alpha value is -4.19. The van der Waals surface area contributed by atoms with E-state index in [1.165, 1.54) is 10.9 Å². The van der Waals surface area contributed by atoms with Crippen molar-refractivity contribution in [3.05, 3.63) is 71.3 Å². The summed E-state index contributed by atoms with van der Waals surface area (Å²) in [5.41, 5.74) is 2.47. The van der Waals surface area contributed by atoms with E-state index in [0.717, 1.165) is 28.8 Å². The molecular formula is C25H28FN9O2. The Morgan fingerprint density at radius 1 is 1.24 bits per heavy atom. The van der Waals surface area contributed by atoms with E-state index in [2.05, 4.69) is 40.9 Å². The minimum Gasteiger partial charge on any atom is -0.368 e. The molecule has 1 aliphatic rings. The third-order valence-electron chi connectivity index (χ3n) is 6.60. The normalized spacial score (nSPS) is 19.8. The summed E-state index contributed by atoms with van der Waals surface area (Å²) in [5, 5.41) is 17.1. The highest BCUT2D eigenvalue weighted by molar-refractivity contribution is 5.87. The number of pyridine rings is 1. The van der Waals surface area contributed by atoms with Gasteiger partial charge in [0.25, 0.3) is 5.91 Å². The van der Waals surface area contributed by atoms with Gasteiger partial charge in [-0.2, -0.15) is 10.2 Å². The summed E-state index contributed by atoms with van der Waals surface area (Å²) in [5.74, 6) is 1.02. The van der Waals surface area contributed by atoms with E-state index in [-0.39, 0.29) is 17.9 Å². The van der Waals surface area contributed by atoms with Crippen LogP contribution in [0.4, 0.5) is 16.2 Å². The molecule has 4 aromatic rings. The molecule has 0 aromatic carbocycles. The van der Waals surface area contributed by atoms with Crippen LogP contribution in [0.1, 0.15) is 54.4 Å². The molecule has 0 spiro atoms. The molecule has 4 aromatic heterocycles. The van der Waals surface area contributed by atoms with Crippen molar-refractivity contribution < 1.29 is 13.9 Å². The van der Waals surface area contributed by atoms with Crippen LogP contribution in [0, 0.1) is 19.7 Å². The Kier molecular flexibility index (Phi) is 6.42. The van der Waals surface area contributed by atoms with E-state index >= 15 is 0 Å². The number of hydrogen-bond donors (Lipinski definition) is 3. The smallest absolute Gasteiger partial charge is 0.252 e. The summed E-state index contributed by atoms with van der Waals surface area (Å²) >= 11 is 0. The molecule has 192 valence electrons. The van der Waals surface area contributed by atoms with Gasteiger partial charge in [0.2, 0.25) is 5.95 Å². The molecule has 37 heavy (non-hydrogen) atoms. The third kappa shape index (κ3) is 5.05. The van der Waals surface area contributed by atoms with Crippen molar-refractivity contribution in [2.24, 2.45) is 0 Å². The van der Waals surface area contributed by atoms with E-state index < -0.39 is 11.4 Å². The second-order valence-electron chi connectivity index (χ2n) is 9.37. The van der Waals surface area contributed by atoms with Gasteiger partial charge in [0.15, 0.2) is 17.5 Å². The zero-order chi connectivity index (χ0) is 26.2. The minimum absolute atomic E-state index is 0.0552. The van der Waals surface area contributed by atoms with Crippen molar-refractivity contribution >= 4 is 17.7 Å². The number of ether oxygens (including phenoxy) is 1. The topological polar surface area (TPSA) is 136 Å². The average molecular weight is 506 g/mol. The van der Waals surface area contributed by atoms with Crippen LogP contribution in [-0.4, -0.2) is 53.5 Å². The van der Waals surface area contributed by atoms with Crippen LogP contribution in [0.2, 0.25) is 0 Å². The second-order valence-corrected chi connectivity index (χ2v) is 9.37. The van der Waals surface area contributed by atoms with Gasteiger partial charge < -0.3 is 15.4 Å². The predicted molar refractivity (Wildman–Crippen MR) is 133 cm³/mol. The summed E-state index contributed by atoms with van der Waals surface area (Å²) in [6.45, 7) is 5.70. The lowest BCUT2D eigenvalue weighted by molar-refractivity contribution is -0.158. The molecule has 1 saturated carbocycles. The molecule has 12 heteroatoms. The monoisotopic (exact) mass is 505 g/mol. The second kappa shape index (κ2) is 9.69. The summed E-state index contributed by atoms with van der Waals surface area (Å²) < 4.78 is 20.3. The maximum atomic E-state index is 13.2. The van der Waals surface area contributed by atoms with E-state index in [9.17, 15) is 9.18 Å². The van der Waals surface area contributed by atoms with E-state index in [0.29, 0.717) is 30.4 Å². The molecule has 5 rings (SSSR count). The number of nitrogens with zero attached hydrogens (tertiary/aromatic N) is 6. The number of carbonyl (C=O) groups is 1. The number of aromatic nitrogens is 7. The van der Waals surface area contributed by atoms with Crippen LogP contribution in [0.5, 0.6) is 0 Å². The third-order valence-corrected chi connectivity index (χ3v) is 6.60. The minimum atomic E-state index is -0.940. The molecule has 1 atom stereocenters. The lowest BCUT2D eigenvalue weighted by Crippen LogP contribution is -2.56. The first-order valence-corrected chi connectivity index (χ1v) is 11.9. The van der Waals surface area contributed by atoms with Crippen LogP contribution < -0.4 is 10.6 Å². The van der Waals surface area contributed by atoms with Crippen LogP contribution in [0.15, 0.2) is 42.9 Å². The zero-order valence-corrected chi connectivity index (χ0v) is 21.0. The Bertz CT molecular complexity index is 1410. The van der Waals surface area contributed by atoms with Gasteiger partial charge in [-0.25, -0.2) is 24.0 Å². The Morgan fingerprint density at radius 2 is 2.05 bits per heavy atom. The predicted octanol–water partition coefficient (Wildman–Crippen LogP) is 3.42. The maximum Gasteiger partial charge on any atom is 0.252 e. The fourth-order valence-electron chi connectivity index (χ4n) is 4.47. The highest BCUT2D eigenvalue weighted by Crippen LogP contribution is 2.47. The zero-order valence-electron chi connectivity index (χ0n) is 21.0. The summed E-state index contributed by atoms with van der Waals surface area (Å²) in [6, 6.07) is 7.06. The highest BCUT2D eigenvalue weighted by atomic mass is 19.1. The number of H-pyrrole nitrogens is 1. The summed E-state index contributed by atoms with van der Waals surface area (Å²) in [4.78, 5) is 26.7. The van der Waals surface area contributed by atoms with Crippen molar-refractivity contribution in [1.82, 2.24) is 40.2 Å². The standard InChI is InChI=1S/C25H28FN9O2/c1-14-7-20(31-24(29-14)32-21-8-15(2)33-34-21)18-9-25(10-18,37-4)23(36)30-16(3)17-5-6-22(27-11-17)35-13-19(26)12-28-35/h5-8,11-13,16,18H,9-10H2,1-4H3,(H,30,36)(H2,29,31,32,33,34)/t16-,18-,25+/m0/s1. The number of aromatic amines is 1. The molecule has 0 bridgehead atoms. The van der Waals surface area contributed by atoms with Gasteiger partial charge in [-0.3, -0.25) is 9.89 Å². The molecule has 11 nitrogen and oxygen atoms in total. The van der Waals surface area contributed by atoms with Crippen LogP contribution in [0.3, 0.4) is 0 Å². The van der Waals surface area contributed by atoms with Crippen molar-refractivity contribution in [1.29, 1.82) is 0 Å². The van der Waals surface area contributed by atoms with Gasteiger partial charge in [0.05, 0.1) is 18.4 Å². The molecule has 3 N–H and O–H groups in total. The van der Waals surface area contributed by atoms with Gasteiger partial charge in [0, 0.05) is 42.4 Å². The van der Waals surface area contributed by atoms with E-state index in [1.807, 2.05) is 39.0 Å². The number of hydrogen-bond acceptors (Lipinski definition) is 8. The fraction of sp³-hybridized carbons (Fsp3) is 0.360. The number of rotatable bonds is 8. The first-order chi connectivity index (χ1) is 17.7. The molecule has 0 unspecified atom stereocenters. The van der Waals surface area contributed by atoms with Gasteiger partial charge in [-0.15, -0.1) is 0 Å². The number of aryl methyl sites for hydroxylation is 2. The van der Waals surface area contributed by atoms with Crippen LogP contribution in [-0.2, 0) is 9.53 Å². The Balaban J connectivity index is 1.23. The molecule has 0 saturated heterocycles. The van der Waals surface area contributed by atoms with Gasteiger partial charge >= 0.3 is 0 Å². The summed E-state index contributed by atoms with van der Waals surface area (Å²) in [6.07, 6.45) is 5.01. The maximum absolute atomic E-state index is 13.2. The number of anilines is 2. The Labute approximate surface area is 212 Å². The van der Waals surface area contributed by atoms with Crippen molar-refractivity contribution in [3.63, 3.8) is 0 Å². The van der Waals surface area contributed by atoms with Crippen molar-refractivity contribution in [2.75, 3.05) is 12.4 Å². The Morgan fingerprint density at radius 3 is 2.68 bits per heavy atom. The van der Waals surface area contributed by atoms with Gasteiger partial charge in [0.1, 0.15) is 5.60 Å². The van der Waals surface area contributed by atoms with Gasteiger partial charge in [-0.1, -0.05) is 6.07 Å². The molecule has 1 amide bonds. The quantitative estimate of drug-likeness (QED) is 0.331. The van der Waals surface area contributed by atoms with E-state index in [4.69, 9.17) is 4.74 Å². The number of amides is 1. The SMILES string of the molecule is CO[C@]1(C(=O)N[C@@H](C)c2ccc(-n3cc(F)cn3)nc2)C[C@H](c2cc(C)nc(Nc3cc(C)[nH]n3)n2)C1. The molecule has 0 aliphatic heterocycles. The largest absolute Gasteiger partial charge is 0.368 e. The average Bonchev–Trinajstić information content (AvgIpc) is 3.46. The molecule has 0 radical (unpaired) electrons. The molecular weight excluding hydrogens is 477 g/mol. The molecule has 1 aliphatic carbocycles. The number of carbonyl (C=O) groups excluding carboxylic acids is 1. The number of methoxy groups -OCH3 is 1. The van der Waals surface area contributed by atoms with Crippen molar-refractivity contribution in [2.45, 2.75) is 51.2 Å². The van der Waals surface area contributed by atoms with Crippen molar-refractivity contribution in [3.8, 4) is 5.82 Å². The summed E-state index contributed by atoms with van der Waals surface area (Å²) in [7, 11) is 1.55.